The first-order chi connectivity index (χ1) is 13.6. The van der Waals surface area contributed by atoms with Gasteiger partial charge in [0, 0.05) is 17.0 Å². The Morgan fingerprint density at radius 3 is 2.54 bits per heavy atom. The number of nitrogens with two attached hydrogens (primary N) is 1. The number of nitrogens with zero attached hydrogens (tertiary/aromatic N) is 3. The second-order valence-corrected chi connectivity index (χ2v) is 7.59. The number of hydrogen-bond acceptors (Lipinski definition) is 7. The van der Waals surface area contributed by atoms with Gasteiger partial charge in [-0.1, -0.05) is 48.2 Å². The molecule has 0 saturated heterocycles. The highest BCUT2D eigenvalue weighted by molar-refractivity contribution is 8.00. The number of carbonyl (C=O) groups excluding carboxylic acids is 1. The lowest BCUT2D eigenvalue weighted by Crippen LogP contribution is -2.24. The Kier molecular flexibility index (Phi) is 6.28. The summed E-state index contributed by atoms with van der Waals surface area (Å²) in [7, 11) is 0. The molecular weight excluding hydrogens is 390 g/mol. The van der Waals surface area contributed by atoms with Crippen LogP contribution in [0.25, 0.3) is 10.4 Å². The summed E-state index contributed by atoms with van der Waals surface area (Å²) in [5.41, 5.74) is 7.86. The zero-order chi connectivity index (χ0) is 19.9. The summed E-state index contributed by atoms with van der Waals surface area (Å²) in [4.78, 5) is 17.1. The third kappa shape index (κ3) is 4.32. The molecule has 0 aliphatic carbocycles. The molecule has 0 saturated carbocycles. The molecule has 0 unspecified atom stereocenters. The van der Waals surface area contributed by atoms with Gasteiger partial charge in [-0.3, -0.25) is 4.79 Å². The SMILES string of the molecule is N#Cc1c(N)nc(SCC(=O)NCc2ccccc2)c(C#N)c1-c1cccs1. The highest BCUT2D eigenvalue weighted by Gasteiger charge is 2.21. The van der Waals surface area contributed by atoms with Gasteiger partial charge < -0.3 is 11.1 Å². The summed E-state index contributed by atoms with van der Waals surface area (Å²) in [6.07, 6.45) is 0. The number of rotatable bonds is 6. The summed E-state index contributed by atoms with van der Waals surface area (Å²) < 4.78 is 0. The molecule has 0 spiro atoms. The predicted molar refractivity (Wildman–Crippen MR) is 110 cm³/mol. The van der Waals surface area contributed by atoms with E-state index in [1.807, 2.05) is 53.9 Å². The van der Waals surface area contributed by atoms with Crippen molar-refractivity contribution in [3.63, 3.8) is 0 Å². The molecule has 138 valence electrons. The summed E-state index contributed by atoms with van der Waals surface area (Å²) in [6.45, 7) is 0.425. The Bertz CT molecular complexity index is 1070. The van der Waals surface area contributed by atoms with E-state index in [-0.39, 0.29) is 28.6 Å². The Morgan fingerprint density at radius 1 is 1.14 bits per heavy atom. The molecule has 0 radical (unpaired) electrons. The minimum Gasteiger partial charge on any atom is -0.383 e. The minimum absolute atomic E-state index is 0.0529. The molecule has 0 aliphatic heterocycles. The number of carbonyl (C=O) groups is 1. The maximum absolute atomic E-state index is 12.2. The van der Waals surface area contributed by atoms with Gasteiger partial charge in [-0.05, 0) is 17.0 Å². The third-order valence-corrected chi connectivity index (χ3v) is 5.72. The maximum atomic E-state index is 12.2. The van der Waals surface area contributed by atoms with Crippen molar-refractivity contribution in [2.45, 2.75) is 11.6 Å². The van der Waals surface area contributed by atoms with Crippen LogP contribution in [0, 0.1) is 22.7 Å². The van der Waals surface area contributed by atoms with Crippen molar-refractivity contribution in [3.8, 4) is 22.6 Å². The number of nitrogen functional groups attached to an aromatic ring is 1. The van der Waals surface area contributed by atoms with Gasteiger partial charge in [0.05, 0.1) is 11.3 Å². The molecule has 6 nitrogen and oxygen atoms in total. The Balaban J connectivity index is 1.80. The monoisotopic (exact) mass is 405 g/mol. The zero-order valence-corrected chi connectivity index (χ0v) is 16.3. The van der Waals surface area contributed by atoms with Crippen molar-refractivity contribution < 1.29 is 4.79 Å². The number of hydrogen-bond donors (Lipinski definition) is 2. The van der Waals surface area contributed by atoms with Crippen molar-refractivity contribution in [2.75, 3.05) is 11.5 Å². The third-order valence-electron chi connectivity index (χ3n) is 3.86. The number of aromatic nitrogens is 1. The molecule has 2 heterocycles. The molecule has 28 heavy (non-hydrogen) atoms. The van der Waals surface area contributed by atoms with Crippen molar-refractivity contribution in [3.05, 3.63) is 64.5 Å². The molecule has 0 aliphatic rings. The lowest BCUT2D eigenvalue weighted by atomic mass is 10.0. The largest absolute Gasteiger partial charge is 0.383 e. The van der Waals surface area contributed by atoms with E-state index in [0.717, 1.165) is 22.2 Å². The van der Waals surface area contributed by atoms with Crippen molar-refractivity contribution in [1.82, 2.24) is 10.3 Å². The summed E-state index contributed by atoms with van der Waals surface area (Å²) in [5.74, 6) is -0.0405. The molecule has 3 N–H and O–H groups in total. The number of pyridine rings is 1. The molecule has 2 aromatic heterocycles. The smallest absolute Gasteiger partial charge is 0.230 e. The van der Waals surface area contributed by atoms with Crippen molar-refractivity contribution in [2.24, 2.45) is 0 Å². The Labute approximate surface area is 170 Å². The van der Waals surface area contributed by atoms with E-state index in [1.54, 1.807) is 0 Å². The normalized spacial score (nSPS) is 10.1. The predicted octanol–water partition coefficient (Wildman–Crippen LogP) is 3.54. The maximum Gasteiger partial charge on any atom is 0.230 e. The van der Waals surface area contributed by atoms with Crippen LogP contribution in [-0.2, 0) is 11.3 Å². The van der Waals surface area contributed by atoms with E-state index < -0.39 is 0 Å². The van der Waals surface area contributed by atoms with E-state index in [4.69, 9.17) is 5.73 Å². The average Bonchev–Trinajstić information content (AvgIpc) is 3.25. The van der Waals surface area contributed by atoms with Gasteiger partial charge in [-0.25, -0.2) is 4.98 Å². The number of amides is 1. The van der Waals surface area contributed by atoms with Crippen LogP contribution in [0.1, 0.15) is 16.7 Å². The van der Waals surface area contributed by atoms with Gasteiger partial charge in [-0.2, -0.15) is 10.5 Å². The zero-order valence-electron chi connectivity index (χ0n) is 14.7. The van der Waals surface area contributed by atoms with E-state index >= 15 is 0 Å². The van der Waals surface area contributed by atoms with Crippen LogP contribution in [-0.4, -0.2) is 16.6 Å². The summed E-state index contributed by atoms with van der Waals surface area (Å²) >= 11 is 2.54. The highest BCUT2D eigenvalue weighted by Crippen LogP contribution is 2.37. The van der Waals surface area contributed by atoms with Crippen LogP contribution in [0.15, 0.2) is 52.9 Å². The quantitative estimate of drug-likeness (QED) is 0.606. The van der Waals surface area contributed by atoms with Crippen LogP contribution in [0.3, 0.4) is 0 Å². The fourth-order valence-electron chi connectivity index (χ4n) is 2.55. The summed E-state index contributed by atoms with van der Waals surface area (Å²) in [5, 5.41) is 24.2. The van der Waals surface area contributed by atoms with Gasteiger partial charge in [-0.15, -0.1) is 11.3 Å². The Hall–Kier alpha value is -3.33. The van der Waals surface area contributed by atoms with Gasteiger partial charge >= 0.3 is 0 Å². The van der Waals surface area contributed by atoms with E-state index in [2.05, 4.69) is 16.4 Å². The van der Waals surface area contributed by atoms with Gasteiger partial charge in [0.1, 0.15) is 28.5 Å². The standard InChI is InChI=1S/C20H15N5OS2/c21-9-14-18(16-7-4-8-27-16)15(10-22)20(25-19(14)23)28-12-17(26)24-11-13-5-2-1-3-6-13/h1-8H,11-12H2,(H2,23,25)(H,24,26). The molecule has 1 amide bonds. The van der Waals surface area contributed by atoms with Crippen LogP contribution in [0.4, 0.5) is 5.82 Å². The lowest BCUT2D eigenvalue weighted by molar-refractivity contribution is -0.118. The van der Waals surface area contributed by atoms with Gasteiger partial charge in [0.15, 0.2) is 0 Å². The first-order valence-corrected chi connectivity index (χ1v) is 10.1. The molecule has 0 bridgehead atoms. The highest BCUT2D eigenvalue weighted by atomic mass is 32.2. The number of thiophene rings is 1. The number of nitriles is 2. The molecule has 3 aromatic rings. The van der Waals surface area contributed by atoms with Crippen LogP contribution < -0.4 is 11.1 Å². The molecule has 1 aromatic carbocycles. The molecule has 3 rings (SSSR count). The van der Waals surface area contributed by atoms with Crippen LogP contribution in [0.2, 0.25) is 0 Å². The van der Waals surface area contributed by atoms with E-state index in [9.17, 15) is 15.3 Å². The van der Waals surface area contributed by atoms with E-state index in [1.165, 1.54) is 11.3 Å². The van der Waals surface area contributed by atoms with E-state index in [0.29, 0.717) is 17.1 Å². The molecular formula is C20H15N5OS2. The fourth-order valence-corrected chi connectivity index (χ4v) is 4.16. The first kappa shape index (κ1) is 19.4. The second kappa shape index (κ2) is 9.05. The van der Waals surface area contributed by atoms with Gasteiger partial charge in [0.2, 0.25) is 5.91 Å². The molecule has 0 fully saturated rings. The molecule has 0 atom stereocenters. The van der Waals surface area contributed by atoms with Crippen molar-refractivity contribution >= 4 is 34.8 Å². The Morgan fingerprint density at radius 2 is 1.89 bits per heavy atom. The molecule has 8 heteroatoms. The fraction of sp³-hybridized carbons (Fsp3) is 0.100. The average molecular weight is 406 g/mol. The topological polar surface area (TPSA) is 116 Å². The minimum atomic E-state index is -0.180. The number of thioether (sulfide) groups is 1. The van der Waals surface area contributed by atoms with Crippen molar-refractivity contribution in [1.29, 1.82) is 10.5 Å². The number of nitrogens with one attached hydrogen (secondary N) is 1. The van der Waals surface area contributed by atoms with Gasteiger partial charge in [0.25, 0.3) is 0 Å². The van der Waals surface area contributed by atoms with Crippen LogP contribution >= 0.6 is 23.1 Å². The second-order valence-electron chi connectivity index (χ2n) is 5.68. The van der Waals surface area contributed by atoms with Crippen LogP contribution in [0.5, 0.6) is 0 Å². The summed E-state index contributed by atoms with van der Waals surface area (Å²) in [6, 6.07) is 17.4. The first-order valence-electron chi connectivity index (χ1n) is 8.25. The number of benzene rings is 1. The number of anilines is 1. The lowest BCUT2D eigenvalue weighted by Gasteiger charge is -2.11.